The van der Waals surface area contributed by atoms with Gasteiger partial charge in [-0.1, -0.05) is 49.8 Å². The minimum atomic E-state index is -3.39. The van der Waals surface area contributed by atoms with Gasteiger partial charge in [0.1, 0.15) is 0 Å². The molecule has 3 nitrogen and oxygen atoms in total. The van der Waals surface area contributed by atoms with Gasteiger partial charge in [0.2, 0.25) is 10.0 Å². The fourth-order valence-corrected chi connectivity index (χ4v) is 6.09. The Morgan fingerprint density at radius 3 is 2.43 bits per heavy atom. The van der Waals surface area contributed by atoms with E-state index in [-0.39, 0.29) is 0 Å². The zero-order valence-corrected chi connectivity index (χ0v) is 17.6. The minimum absolute atomic E-state index is 0.423. The third-order valence-corrected chi connectivity index (χ3v) is 8.15. The molecule has 4 heteroatoms. The summed E-state index contributed by atoms with van der Waals surface area (Å²) in [6, 6.07) is 14.0. The number of sulfonamides is 1. The van der Waals surface area contributed by atoms with Gasteiger partial charge in [0.25, 0.3) is 0 Å². The zero-order chi connectivity index (χ0) is 19.7. The SMILES string of the molecule is CCCc1ccc(S(=O)(=O)N2CCC(C3=CCc4c(C)cccc43)CC2)cc1. The Kier molecular flexibility index (Phi) is 5.44. The topological polar surface area (TPSA) is 37.4 Å². The second-order valence-electron chi connectivity index (χ2n) is 8.04. The molecule has 0 atom stereocenters. The molecule has 0 N–H and O–H groups in total. The largest absolute Gasteiger partial charge is 0.243 e. The fraction of sp³-hybridized carbons (Fsp3) is 0.417. The predicted octanol–water partition coefficient (Wildman–Crippen LogP) is 4.99. The Hall–Kier alpha value is -1.91. The van der Waals surface area contributed by atoms with Crippen LogP contribution in [0.5, 0.6) is 0 Å². The number of aryl methyl sites for hydroxylation is 2. The number of allylic oxidation sites excluding steroid dienone is 2. The molecule has 2 aliphatic rings. The van der Waals surface area contributed by atoms with E-state index < -0.39 is 10.0 Å². The van der Waals surface area contributed by atoms with Crippen molar-refractivity contribution in [2.75, 3.05) is 13.1 Å². The Balaban J connectivity index is 1.45. The van der Waals surface area contributed by atoms with E-state index >= 15 is 0 Å². The van der Waals surface area contributed by atoms with Gasteiger partial charge in [-0.15, -0.1) is 0 Å². The summed E-state index contributed by atoms with van der Waals surface area (Å²) in [5, 5.41) is 0. The Morgan fingerprint density at radius 2 is 1.75 bits per heavy atom. The normalized spacial score (nSPS) is 18.1. The number of benzene rings is 2. The summed E-state index contributed by atoms with van der Waals surface area (Å²) in [5.74, 6) is 0.460. The molecule has 0 saturated carbocycles. The minimum Gasteiger partial charge on any atom is -0.207 e. The molecule has 148 valence electrons. The van der Waals surface area contributed by atoms with Crippen LogP contribution in [0.1, 0.15) is 48.4 Å². The van der Waals surface area contributed by atoms with Crippen LogP contribution < -0.4 is 0 Å². The van der Waals surface area contributed by atoms with Crippen molar-refractivity contribution in [1.82, 2.24) is 4.31 Å². The van der Waals surface area contributed by atoms with Gasteiger partial charge in [0.15, 0.2) is 0 Å². The van der Waals surface area contributed by atoms with Gasteiger partial charge in [-0.2, -0.15) is 4.31 Å². The molecule has 1 fully saturated rings. The van der Waals surface area contributed by atoms with E-state index in [1.54, 1.807) is 16.4 Å². The third-order valence-electron chi connectivity index (χ3n) is 6.24. The van der Waals surface area contributed by atoms with Crippen LogP contribution in [0.4, 0.5) is 0 Å². The second-order valence-corrected chi connectivity index (χ2v) is 9.97. The molecule has 0 spiro atoms. The number of rotatable bonds is 5. The summed E-state index contributed by atoms with van der Waals surface area (Å²) < 4.78 is 27.7. The summed E-state index contributed by atoms with van der Waals surface area (Å²) in [7, 11) is -3.39. The highest BCUT2D eigenvalue weighted by molar-refractivity contribution is 7.89. The van der Waals surface area contributed by atoms with Crippen LogP contribution in [0, 0.1) is 12.8 Å². The van der Waals surface area contributed by atoms with Crippen LogP contribution in [-0.2, 0) is 22.9 Å². The van der Waals surface area contributed by atoms with E-state index in [1.165, 1.54) is 27.8 Å². The molecule has 0 unspecified atom stereocenters. The van der Waals surface area contributed by atoms with Gasteiger partial charge in [-0.25, -0.2) is 8.42 Å². The van der Waals surface area contributed by atoms with Crippen LogP contribution >= 0.6 is 0 Å². The van der Waals surface area contributed by atoms with E-state index in [0.717, 1.165) is 32.1 Å². The second kappa shape index (κ2) is 7.84. The standard InChI is InChI=1S/C24H29NO2S/c1-3-5-19-8-10-21(11-9-19)28(26,27)25-16-14-20(15-17-25)23-13-12-22-18(2)6-4-7-24(22)23/h4,6-11,13,20H,3,5,12,14-17H2,1-2H3. The van der Waals surface area contributed by atoms with E-state index in [9.17, 15) is 8.42 Å². The molecule has 0 amide bonds. The molecule has 4 rings (SSSR count). The molecular weight excluding hydrogens is 366 g/mol. The maximum Gasteiger partial charge on any atom is 0.243 e. The summed E-state index contributed by atoms with van der Waals surface area (Å²) in [6.45, 7) is 5.51. The van der Waals surface area contributed by atoms with Crippen molar-refractivity contribution in [1.29, 1.82) is 0 Å². The molecule has 0 aromatic heterocycles. The fourth-order valence-electron chi connectivity index (χ4n) is 4.63. The van der Waals surface area contributed by atoms with Crippen molar-refractivity contribution in [2.24, 2.45) is 5.92 Å². The van der Waals surface area contributed by atoms with Gasteiger partial charge < -0.3 is 0 Å². The number of hydrogen-bond acceptors (Lipinski definition) is 2. The van der Waals surface area contributed by atoms with Gasteiger partial charge >= 0.3 is 0 Å². The van der Waals surface area contributed by atoms with Gasteiger partial charge in [-0.3, -0.25) is 0 Å². The highest BCUT2D eigenvalue weighted by Crippen LogP contribution is 2.39. The zero-order valence-electron chi connectivity index (χ0n) is 16.8. The summed E-state index contributed by atoms with van der Waals surface area (Å²) in [4.78, 5) is 0.423. The predicted molar refractivity (Wildman–Crippen MR) is 115 cm³/mol. The lowest BCUT2D eigenvalue weighted by Crippen LogP contribution is -2.38. The Labute approximate surface area is 169 Å². The number of nitrogens with zero attached hydrogens (tertiary/aromatic N) is 1. The molecule has 0 radical (unpaired) electrons. The van der Waals surface area contributed by atoms with Crippen LogP contribution in [0.15, 0.2) is 53.4 Å². The van der Waals surface area contributed by atoms with Gasteiger partial charge in [0.05, 0.1) is 4.90 Å². The Morgan fingerprint density at radius 1 is 1.04 bits per heavy atom. The smallest absolute Gasteiger partial charge is 0.207 e. The first-order valence-electron chi connectivity index (χ1n) is 10.4. The van der Waals surface area contributed by atoms with Crippen LogP contribution in [-0.4, -0.2) is 25.8 Å². The van der Waals surface area contributed by atoms with E-state index in [2.05, 4.69) is 38.1 Å². The van der Waals surface area contributed by atoms with Gasteiger partial charge in [-0.05, 0) is 78.5 Å². The quantitative estimate of drug-likeness (QED) is 0.715. The highest BCUT2D eigenvalue weighted by Gasteiger charge is 2.32. The lowest BCUT2D eigenvalue weighted by Gasteiger charge is -2.32. The number of hydrogen-bond donors (Lipinski definition) is 0. The summed E-state index contributed by atoms with van der Waals surface area (Å²) in [5.41, 5.74) is 6.81. The molecule has 1 heterocycles. The van der Waals surface area contributed by atoms with Crippen LogP contribution in [0.3, 0.4) is 0 Å². The number of piperidine rings is 1. The molecule has 28 heavy (non-hydrogen) atoms. The summed E-state index contributed by atoms with van der Waals surface area (Å²) >= 11 is 0. The van der Waals surface area contributed by atoms with Crippen molar-refractivity contribution in [3.8, 4) is 0 Å². The van der Waals surface area contributed by atoms with Crippen LogP contribution in [0.2, 0.25) is 0 Å². The molecular formula is C24H29NO2S. The van der Waals surface area contributed by atoms with Crippen molar-refractivity contribution >= 4 is 15.6 Å². The molecule has 1 aliphatic carbocycles. The first-order valence-corrected chi connectivity index (χ1v) is 11.8. The monoisotopic (exact) mass is 395 g/mol. The molecule has 0 bridgehead atoms. The lowest BCUT2D eigenvalue weighted by molar-refractivity contribution is 0.311. The van der Waals surface area contributed by atoms with Crippen molar-refractivity contribution in [3.05, 3.63) is 70.8 Å². The maximum absolute atomic E-state index is 13.0. The van der Waals surface area contributed by atoms with Crippen molar-refractivity contribution in [3.63, 3.8) is 0 Å². The molecule has 1 saturated heterocycles. The van der Waals surface area contributed by atoms with Crippen molar-refractivity contribution < 1.29 is 8.42 Å². The maximum atomic E-state index is 13.0. The first-order chi connectivity index (χ1) is 13.5. The van der Waals surface area contributed by atoms with E-state index in [4.69, 9.17) is 0 Å². The average molecular weight is 396 g/mol. The number of fused-ring (bicyclic) bond motifs is 1. The molecule has 2 aromatic carbocycles. The molecule has 2 aromatic rings. The van der Waals surface area contributed by atoms with E-state index in [0.29, 0.717) is 23.9 Å². The van der Waals surface area contributed by atoms with Gasteiger partial charge in [0, 0.05) is 13.1 Å². The first kappa shape index (κ1) is 19.4. The lowest BCUT2D eigenvalue weighted by atomic mass is 9.86. The Bertz CT molecular complexity index is 982. The van der Waals surface area contributed by atoms with Crippen LogP contribution in [0.25, 0.3) is 5.57 Å². The van der Waals surface area contributed by atoms with Crippen molar-refractivity contribution in [2.45, 2.75) is 50.8 Å². The van der Waals surface area contributed by atoms with E-state index in [1.807, 2.05) is 12.1 Å². The third kappa shape index (κ3) is 3.56. The summed E-state index contributed by atoms with van der Waals surface area (Å²) in [6.07, 6.45) is 7.22. The molecule has 1 aliphatic heterocycles. The average Bonchev–Trinajstić information content (AvgIpc) is 3.14. The highest BCUT2D eigenvalue weighted by atomic mass is 32.2.